The molecule has 4 aliphatic rings. The molecule has 3 amide bonds. The van der Waals surface area contributed by atoms with Crippen LogP contribution in [-0.4, -0.2) is 35.8 Å². The van der Waals surface area contributed by atoms with Crippen molar-refractivity contribution in [2.24, 2.45) is 23.7 Å². The van der Waals surface area contributed by atoms with Gasteiger partial charge in [-0.1, -0.05) is 12.2 Å². The molecule has 1 aromatic carbocycles. The maximum Gasteiger partial charge on any atom is 0.247 e. The van der Waals surface area contributed by atoms with Gasteiger partial charge in [-0.15, -0.1) is 0 Å². The van der Waals surface area contributed by atoms with Crippen LogP contribution in [0.5, 0.6) is 5.75 Å². The van der Waals surface area contributed by atoms with Gasteiger partial charge in [0.1, 0.15) is 11.8 Å². The number of imide groups is 1. The van der Waals surface area contributed by atoms with Gasteiger partial charge >= 0.3 is 0 Å². The number of amides is 3. The van der Waals surface area contributed by atoms with Crippen LogP contribution >= 0.6 is 0 Å². The van der Waals surface area contributed by atoms with Crippen LogP contribution in [0, 0.1) is 23.7 Å². The molecule has 1 heterocycles. The van der Waals surface area contributed by atoms with Gasteiger partial charge in [-0.25, -0.2) is 0 Å². The van der Waals surface area contributed by atoms with E-state index in [1.165, 1.54) is 4.90 Å². The fourth-order valence-corrected chi connectivity index (χ4v) is 4.52. The Morgan fingerprint density at radius 2 is 1.62 bits per heavy atom. The number of fused-ring (bicyclic) bond motifs is 1. The van der Waals surface area contributed by atoms with E-state index < -0.39 is 6.04 Å². The summed E-state index contributed by atoms with van der Waals surface area (Å²) in [5.41, 5.74) is 0.598. The first-order valence-corrected chi connectivity index (χ1v) is 9.01. The Morgan fingerprint density at radius 3 is 2.08 bits per heavy atom. The number of nitrogens with one attached hydrogen (secondary N) is 1. The molecule has 2 bridgehead atoms. The summed E-state index contributed by atoms with van der Waals surface area (Å²) >= 11 is 0. The summed E-state index contributed by atoms with van der Waals surface area (Å²) in [4.78, 5) is 39.6. The molecule has 136 valence electrons. The Bertz CT molecular complexity index is 754. The summed E-state index contributed by atoms with van der Waals surface area (Å²) in [6.07, 6.45) is 6.04. The topological polar surface area (TPSA) is 75.7 Å². The summed E-state index contributed by atoms with van der Waals surface area (Å²) in [5, 5.41) is 2.77. The molecular formula is C20H22N2O4. The average molecular weight is 354 g/mol. The Morgan fingerprint density at radius 1 is 1.08 bits per heavy atom. The summed E-state index contributed by atoms with van der Waals surface area (Å²) in [6.45, 7) is 1.61. The Hall–Kier alpha value is -2.63. The van der Waals surface area contributed by atoms with Gasteiger partial charge in [0.2, 0.25) is 17.7 Å². The highest BCUT2D eigenvalue weighted by molar-refractivity contribution is 6.10. The average Bonchev–Trinajstić information content (AvgIpc) is 2.95. The third-order valence-corrected chi connectivity index (χ3v) is 5.92. The minimum atomic E-state index is -0.831. The number of methoxy groups -OCH3 is 1. The van der Waals surface area contributed by atoms with Gasteiger partial charge < -0.3 is 10.1 Å². The summed E-state index contributed by atoms with van der Waals surface area (Å²) in [6, 6.07) is 6.10. The minimum Gasteiger partial charge on any atom is -0.497 e. The highest BCUT2D eigenvalue weighted by Gasteiger charge is 2.58. The zero-order valence-corrected chi connectivity index (χ0v) is 14.8. The van der Waals surface area contributed by atoms with Crippen LogP contribution in [0.2, 0.25) is 0 Å². The van der Waals surface area contributed by atoms with Crippen molar-refractivity contribution in [2.45, 2.75) is 25.8 Å². The molecule has 0 radical (unpaired) electrons. The van der Waals surface area contributed by atoms with Gasteiger partial charge in [0, 0.05) is 5.69 Å². The van der Waals surface area contributed by atoms with Gasteiger partial charge in [-0.05, 0) is 55.9 Å². The molecule has 6 heteroatoms. The van der Waals surface area contributed by atoms with Crippen molar-refractivity contribution in [1.82, 2.24) is 4.90 Å². The highest BCUT2D eigenvalue weighted by Crippen LogP contribution is 2.49. The molecule has 1 aliphatic heterocycles. The lowest BCUT2D eigenvalue weighted by molar-refractivity contribution is -0.146. The molecule has 26 heavy (non-hydrogen) atoms. The van der Waals surface area contributed by atoms with Crippen molar-refractivity contribution in [1.29, 1.82) is 0 Å². The van der Waals surface area contributed by atoms with Crippen LogP contribution in [-0.2, 0) is 14.4 Å². The standard InChI is InChI=1S/C20H22N2O4/c1-11(18(23)21-14-7-9-15(26-2)10-8-14)22-19(24)16-12-3-4-13(6-5-12)17(16)20(22)25/h3-4,7-13,16-17H,5-6H2,1-2H3,(H,21,23). The van der Waals surface area contributed by atoms with Gasteiger partial charge in [0.05, 0.1) is 18.9 Å². The second kappa shape index (κ2) is 6.27. The number of nitrogens with zero attached hydrogens (tertiary/aromatic N) is 1. The Labute approximate surface area is 152 Å². The molecule has 1 N–H and O–H groups in total. The number of carbonyl (C=O) groups excluding carboxylic acids is 3. The molecule has 1 saturated heterocycles. The fraction of sp³-hybridized carbons (Fsp3) is 0.450. The SMILES string of the molecule is COc1ccc(NC(=O)C(C)N2C(=O)C3C4C=CC(CC4)C3C2=O)cc1. The van der Waals surface area contributed by atoms with E-state index in [0.29, 0.717) is 11.4 Å². The zero-order chi connectivity index (χ0) is 18.4. The lowest BCUT2D eigenvalue weighted by Crippen LogP contribution is -2.46. The molecule has 1 saturated carbocycles. The van der Waals surface area contributed by atoms with E-state index in [4.69, 9.17) is 4.74 Å². The molecule has 0 aromatic heterocycles. The van der Waals surface area contributed by atoms with E-state index in [0.717, 1.165) is 12.8 Å². The molecule has 2 fully saturated rings. The van der Waals surface area contributed by atoms with Crippen LogP contribution in [0.4, 0.5) is 5.69 Å². The normalized spacial score (nSPS) is 30.3. The van der Waals surface area contributed by atoms with Crippen molar-refractivity contribution in [3.63, 3.8) is 0 Å². The summed E-state index contributed by atoms with van der Waals surface area (Å²) in [7, 11) is 1.57. The maximum atomic E-state index is 12.9. The summed E-state index contributed by atoms with van der Waals surface area (Å²) < 4.78 is 5.10. The number of hydrogen-bond donors (Lipinski definition) is 1. The van der Waals surface area contributed by atoms with E-state index in [2.05, 4.69) is 17.5 Å². The molecule has 5 unspecified atom stereocenters. The quantitative estimate of drug-likeness (QED) is 0.664. The first-order chi connectivity index (χ1) is 12.5. The molecule has 1 aromatic rings. The first kappa shape index (κ1) is 16.8. The van der Waals surface area contributed by atoms with Crippen molar-refractivity contribution in [2.75, 3.05) is 12.4 Å². The number of ether oxygens (including phenoxy) is 1. The lowest BCUT2D eigenvalue weighted by Gasteiger charge is -2.38. The van der Waals surface area contributed by atoms with Gasteiger partial charge in [0.25, 0.3) is 0 Å². The van der Waals surface area contributed by atoms with Gasteiger partial charge in [-0.2, -0.15) is 0 Å². The molecule has 5 rings (SSSR count). The fourth-order valence-electron chi connectivity index (χ4n) is 4.52. The number of likely N-dealkylation sites (tertiary alicyclic amines) is 1. The van der Waals surface area contributed by atoms with E-state index >= 15 is 0 Å². The second-order valence-corrected chi connectivity index (χ2v) is 7.28. The Balaban J connectivity index is 1.50. The van der Waals surface area contributed by atoms with Gasteiger partial charge in [0.15, 0.2) is 0 Å². The predicted octanol–water partition coefficient (Wildman–Crippen LogP) is 2.22. The smallest absolute Gasteiger partial charge is 0.247 e. The monoisotopic (exact) mass is 354 g/mol. The highest BCUT2D eigenvalue weighted by atomic mass is 16.5. The maximum absolute atomic E-state index is 12.9. The third-order valence-electron chi connectivity index (χ3n) is 5.92. The van der Waals surface area contributed by atoms with E-state index in [1.54, 1.807) is 38.3 Å². The second-order valence-electron chi connectivity index (χ2n) is 7.28. The van der Waals surface area contributed by atoms with E-state index in [9.17, 15) is 14.4 Å². The zero-order valence-electron chi connectivity index (χ0n) is 14.8. The first-order valence-electron chi connectivity index (χ1n) is 9.01. The van der Waals surface area contributed by atoms with Crippen LogP contribution in [0.15, 0.2) is 36.4 Å². The van der Waals surface area contributed by atoms with Crippen molar-refractivity contribution < 1.29 is 19.1 Å². The molecular weight excluding hydrogens is 332 g/mol. The number of allylic oxidation sites excluding steroid dienone is 2. The number of benzene rings is 1. The molecule has 3 aliphatic carbocycles. The summed E-state index contributed by atoms with van der Waals surface area (Å²) in [5.74, 6) is -0.395. The van der Waals surface area contributed by atoms with Crippen LogP contribution in [0.1, 0.15) is 19.8 Å². The largest absolute Gasteiger partial charge is 0.497 e. The molecule has 0 spiro atoms. The number of hydrogen-bond acceptors (Lipinski definition) is 4. The van der Waals surface area contributed by atoms with E-state index in [1.807, 2.05) is 0 Å². The van der Waals surface area contributed by atoms with Crippen molar-refractivity contribution >= 4 is 23.4 Å². The van der Waals surface area contributed by atoms with Crippen LogP contribution in [0.3, 0.4) is 0 Å². The Kier molecular flexibility index (Phi) is 4.05. The number of rotatable bonds is 4. The minimum absolute atomic E-state index is 0.128. The predicted molar refractivity (Wildman–Crippen MR) is 95.3 cm³/mol. The van der Waals surface area contributed by atoms with Crippen molar-refractivity contribution in [3.8, 4) is 5.75 Å². The van der Waals surface area contributed by atoms with Gasteiger partial charge in [-0.3, -0.25) is 19.3 Å². The van der Waals surface area contributed by atoms with Crippen molar-refractivity contribution in [3.05, 3.63) is 36.4 Å². The lowest BCUT2D eigenvalue weighted by atomic mass is 9.63. The van der Waals surface area contributed by atoms with Crippen LogP contribution < -0.4 is 10.1 Å². The third kappa shape index (κ3) is 2.52. The molecule has 6 nitrogen and oxygen atoms in total. The number of carbonyl (C=O) groups is 3. The number of anilines is 1. The molecule has 5 atom stereocenters. The van der Waals surface area contributed by atoms with E-state index in [-0.39, 0.29) is 41.4 Å². The van der Waals surface area contributed by atoms with Crippen LogP contribution in [0.25, 0.3) is 0 Å².